The highest BCUT2D eigenvalue weighted by Crippen LogP contribution is 2.72. The Morgan fingerprint density at radius 3 is 1.89 bits per heavy atom. The van der Waals surface area contributed by atoms with Gasteiger partial charge in [0.25, 0.3) is 0 Å². The number of rotatable bonds is 3. The van der Waals surface area contributed by atoms with E-state index in [1.165, 1.54) is 52.6 Å². The van der Waals surface area contributed by atoms with Gasteiger partial charge >= 0.3 is 17.8 Å². The molecule has 2 aliphatic carbocycles. The molecule has 9 rings (SSSR count). The molecule has 0 saturated carbocycles. The lowest BCUT2D eigenvalue weighted by molar-refractivity contribution is -0.261. The lowest BCUT2D eigenvalue weighted by Gasteiger charge is -2.41. The Balaban J connectivity index is 1.45. The Morgan fingerprint density at radius 1 is 0.684 bits per heavy atom. The number of thioether (sulfide) groups is 1. The quantitative estimate of drug-likeness (QED) is 0.169. The fourth-order valence-electron chi connectivity index (χ4n) is 8.64. The Bertz CT molecular complexity index is 2530. The van der Waals surface area contributed by atoms with Crippen molar-refractivity contribution in [2.45, 2.75) is 107 Å². The number of hydrogen-bond donors (Lipinski definition) is 0. The standard InChI is InChI=1S/C45H42F6O3S3/c1-39(2,3)22-10-12-23(13-11-22)42(33-17-16-32(57-33)41(7,8)9)37-34(24-18-27-28(53-21-52-27)20-26(24)54-37)36-35(43(46,47)45(50,51)44(36,48)49)25-19-30(56-38(25)42)29-14-15-31(55-29)40(4,5)6/h10-20,25,38H,21H2,1-9H3. The van der Waals surface area contributed by atoms with Crippen LogP contribution in [0.3, 0.4) is 0 Å². The van der Waals surface area contributed by atoms with E-state index in [1.54, 1.807) is 0 Å². The number of benzene rings is 2. The average Bonchev–Trinajstić information content (AvgIpc) is 3.95. The van der Waals surface area contributed by atoms with Crippen molar-refractivity contribution < 1.29 is 40.2 Å². The van der Waals surface area contributed by atoms with E-state index in [9.17, 15) is 0 Å². The van der Waals surface area contributed by atoms with Gasteiger partial charge in [0.2, 0.25) is 6.79 Å². The summed E-state index contributed by atoms with van der Waals surface area (Å²) < 4.78 is 118. The molecule has 12 heteroatoms. The van der Waals surface area contributed by atoms with Crippen molar-refractivity contribution in [3.63, 3.8) is 0 Å². The summed E-state index contributed by atoms with van der Waals surface area (Å²) in [6, 6.07) is 18.4. The SMILES string of the molecule is CC(C)(C)c1ccc(C2(c3ccc(C(C)(C)C)s3)c3oc4cc5c(cc4c3C3=C(C4C=C(c6ccc(C(C)(C)C)s6)SC42)C(F)(F)C(F)(F)C3(F)F)OCO5)cc1. The van der Waals surface area contributed by atoms with E-state index >= 15 is 26.3 Å². The fraction of sp³-hybridized carbons (Fsp3) is 0.422. The Morgan fingerprint density at radius 2 is 1.30 bits per heavy atom. The highest BCUT2D eigenvalue weighted by molar-refractivity contribution is 8.09. The number of furan rings is 1. The second kappa shape index (κ2) is 12.0. The maximum atomic E-state index is 16.9. The van der Waals surface area contributed by atoms with Crippen LogP contribution in [0.2, 0.25) is 0 Å². The van der Waals surface area contributed by atoms with Gasteiger partial charge in [-0.05, 0) is 57.7 Å². The van der Waals surface area contributed by atoms with Crippen LogP contribution in [-0.2, 0) is 21.7 Å². The highest BCUT2D eigenvalue weighted by atomic mass is 32.2. The van der Waals surface area contributed by atoms with Crippen molar-refractivity contribution in [3.8, 4) is 11.5 Å². The lowest BCUT2D eigenvalue weighted by Crippen LogP contribution is -2.51. The van der Waals surface area contributed by atoms with Gasteiger partial charge in [-0.15, -0.1) is 34.4 Å². The molecular weight excluding hydrogens is 799 g/mol. The molecule has 0 amide bonds. The molecular formula is C45H42F6O3S3. The lowest BCUT2D eigenvalue weighted by atomic mass is 9.68. The van der Waals surface area contributed by atoms with E-state index in [0.717, 1.165) is 20.2 Å². The molecule has 3 atom stereocenters. The van der Waals surface area contributed by atoms with Crippen LogP contribution in [0.1, 0.15) is 104 Å². The van der Waals surface area contributed by atoms with Gasteiger partial charge in [0.15, 0.2) is 11.5 Å². The smallest absolute Gasteiger partial charge is 0.380 e. The van der Waals surface area contributed by atoms with Gasteiger partial charge in [0.05, 0.1) is 0 Å². The highest BCUT2D eigenvalue weighted by Gasteiger charge is 2.82. The number of alkyl halides is 6. The average molecular weight is 841 g/mol. The summed E-state index contributed by atoms with van der Waals surface area (Å²) in [6.45, 7) is 18.4. The first-order chi connectivity index (χ1) is 26.4. The van der Waals surface area contributed by atoms with Crippen molar-refractivity contribution in [1.82, 2.24) is 0 Å². The predicted molar refractivity (Wildman–Crippen MR) is 218 cm³/mol. The molecule has 5 aromatic rings. The maximum Gasteiger partial charge on any atom is 0.380 e. The molecule has 3 aromatic heterocycles. The molecule has 3 nitrogen and oxygen atoms in total. The predicted octanol–water partition coefficient (Wildman–Crippen LogP) is 14.0. The van der Waals surface area contributed by atoms with Crippen molar-refractivity contribution in [2.75, 3.05) is 6.79 Å². The first-order valence-corrected chi connectivity index (χ1v) is 21.4. The van der Waals surface area contributed by atoms with Crippen LogP contribution in [-0.4, -0.2) is 29.8 Å². The summed E-state index contributed by atoms with van der Waals surface area (Å²) in [7, 11) is 0. The molecule has 57 heavy (non-hydrogen) atoms. The number of fused-ring (bicyclic) bond motifs is 7. The molecule has 3 unspecified atom stereocenters. The number of allylic oxidation sites excluding steroid dienone is 3. The molecule has 0 fully saturated rings. The Hall–Kier alpha value is -3.61. The van der Waals surface area contributed by atoms with Gasteiger partial charge in [-0.1, -0.05) is 92.7 Å². The van der Waals surface area contributed by atoms with Crippen molar-refractivity contribution in [2.24, 2.45) is 5.92 Å². The molecule has 4 aliphatic rings. The molecule has 2 aromatic carbocycles. The third-order valence-corrected chi connectivity index (χ3v) is 16.5. The van der Waals surface area contributed by atoms with Crippen LogP contribution in [0, 0.1) is 5.92 Å². The topological polar surface area (TPSA) is 31.6 Å². The number of halogens is 6. The number of thiophene rings is 2. The summed E-state index contributed by atoms with van der Waals surface area (Å²) in [5, 5.41) is -1.10. The van der Waals surface area contributed by atoms with E-state index in [-0.39, 0.29) is 51.3 Å². The molecule has 300 valence electrons. The van der Waals surface area contributed by atoms with Crippen LogP contribution in [0.25, 0.3) is 21.4 Å². The number of hydrogen-bond acceptors (Lipinski definition) is 6. The zero-order valence-corrected chi connectivity index (χ0v) is 35.4. The van der Waals surface area contributed by atoms with Gasteiger partial charge in [0, 0.05) is 63.7 Å². The molecule has 0 radical (unpaired) electrons. The van der Waals surface area contributed by atoms with E-state index in [1.807, 2.05) is 48.5 Å². The van der Waals surface area contributed by atoms with Gasteiger partial charge in [-0.3, -0.25) is 0 Å². The van der Waals surface area contributed by atoms with Crippen LogP contribution in [0.15, 0.2) is 76.7 Å². The van der Waals surface area contributed by atoms with Crippen LogP contribution in [0.4, 0.5) is 26.3 Å². The largest absolute Gasteiger partial charge is 0.459 e. The monoisotopic (exact) mass is 840 g/mol. The van der Waals surface area contributed by atoms with E-state index in [4.69, 9.17) is 13.9 Å². The Kier molecular flexibility index (Phi) is 8.18. The molecule has 0 N–H and O–H groups in total. The summed E-state index contributed by atoms with van der Waals surface area (Å²) in [6.07, 6.45) is 1.54. The Labute approximate surface area is 340 Å². The van der Waals surface area contributed by atoms with Gasteiger partial charge in [-0.2, -0.15) is 26.3 Å². The van der Waals surface area contributed by atoms with E-state index < -0.39 is 51.1 Å². The third kappa shape index (κ3) is 5.30. The zero-order chi connectivity index (χ0) is 41.0. The molecule has 0 spiro atoms. The maximum absolute atomic E-state index is 16.9. The van der Waals surface area contributed by atoms with Crippen LogP contribution < -0.4 is 9.47 Å². The summed E-state index contributed by atoms with van der Waals surface area (Å²) in [5.41, 5.74) is -3.86. The molecule has 5 heterocycles. The van der Waals surface area contributed by atoms with Crippen LogP contribution >= 0.6 is 34.4 Å². The number of ether oxygens (including phenoxy) is 2. The van der Waals surface area contributed by atoms with E-state index in [2.05, 4.69) is 62.3 Å². The minimum atomic E-state index is -5.73. The van der Waals surface area contributed by atoms with Crippen molar-refractivity contribution in [1.29, 1.82) is 0 Å². The van der Waals surface area contributed by atoms with Gasteiger partial charge < -0.3 is 13.9 Å². The minimum absolute atomic E-state index is 0.0273. The molecule has 2 aliphatic heterocycles. The summed E-state index contributed by atoms with van der Waals surface area (Å²) >= 11 is 4.20. The van der Waals surface area contributed by atoms with Crippen molar-refractivity contribution >= 4 is 55.9 Å². The first kappa shape index (κ1) is 38.9. The summed E-state index contributed by atoms with van der Waals surface area (Å²) in [5.74, 6) is -17.4. The third-order valence-electron chi connectivity index (χ3n) is 11.7. The molecule has 0 saturated heterocycles. The van der Waals surface area contributed by atoms with Gasteiger partial charge in [-0.25, -0.2) is 0 Å². The molecule has 0 bridgehead atoms. The second-order valence-electron chi connectivity index (χ2n) is 18.6. The van der Waals surface area contributed by atoms with Crippen LogP contribution in [0.5, 0.6) is 11.5 Å². The zero-order valence-electron chi connectivity index (χ0n) is 32.9. The first-order valence-electron chi connectivity index (χ1n) is 18.9. The second-order valence-corrected chi connectivity index (χ2v) is 21.9. The van der Waals surface area contributed by atoms with Gasteiger partial charge in [0.1, 0.15) is 16.8 Å². The van der Waals surface area contributed by atoms with Crippen molar-refractivity contribution in [3.05, 3.63) is 114 Å². The minimum Gasteiger partial charge on any atom is -0.459 e. The fourth-order valence-corrected chi connectivity index (χ4v) is 12.9. The normalized spacial score (nSPS) is 24.7. The van der Waals surface area contributed by atoms with E-state index in [0.29, 0.717) is 15.3 Å². The summed E-state index contributed by atoms with van der Waals surface area (Å²) in [4.78, 5) is 3.97.